The molecule has 0 aliphatic heterocycles. The minimum absolute atomic E-state index is 0.00648. The Bertz CT molecular complexity index is 1130. The van der Waals surface area contributed by atoms with Crippen molar-refractivity contribution in [2.75, 3.05) is 0 Å². The number of aryl methyl sites for hydroxylation is 1. The van der Waals surface area contributed by atoms with Crippen LogP contribution in [0.2, 0.25) is 0 Å². The smallest absolute Gasteiger partial charge is 0.416 e. The van der Waals surface area contributed by atoms with Gasteiger partial charge in [-0.15, -0.1) is 0 Å². The van der Waals surface area contributed by atoms with Gasteiger partial charge in [0.05, 0.1) is 10.5 Å². The number of carboxylic acid groups (broad SMARTS) is 1. The number of nitro groups is 1. The van der Waals surface area contributed by atoms with Crippen LogP contribution < -0.4 is 5.32 Å². The van der Waals surface area contributed by atoms with Gasteiger partial charge in [-0.2, -0.15) is 13.2 Å². The second kappa shape index (κ2) is 10.9. The predicted molar refractivity (Wildman–Crippen MR) is 114 cm³/mol. The third kappa shape index (κ3) is 7.46. The van der Waals surface area contributed by atoms with Gasteiger partial charge >= 0.3 is 12.3 Å². The van der Waals surface area contributed by atoms with Crippen molar-refractivity contribution >= 4 is 17.6 Å². The molecule has 0 bridgehead atoms. The lowest BCUT2D eigenvalue weighted by atomic mass is 10.0. The summed E-state index contributed by atoms with van der Waals surface area (Å²) in [7, 11) is 0. The lowest BCUT2D eigenvalue weighted by Crippen LogP contribution is -2.19. The molecule has 0 spiro atoms. The average molecular weight is 460 g/mol. The Morgan fingerprint density at radius 1 is 0.970 bits per heavy atom. The molecular formula is C23H19F3N2O5. The Kier molecular flexibility index (Phi) is 8.27. The van der Waals surface area contributed by atoms with E-state index in [1.54, 1.807) is 37.3 Å². The van der Waals surface area contributed by atoms with Gasteiger partial charge in [0, 0.05) is 29.3 Å². The number of carbonyl (C=O) groups excluding carboxylic acids is 1. The molecule has 0 unspecified atom stereocenters. The fraction of sp³-hybridized carbons (Fsp3) is 0.130. The summed E-state index contributed by atoms with van der Waals surface area (Å²) in [6, 6.07) is 17.5. The number of hydrogen-bond acceptors (Lipinski definition) is 4. The van der Waals surface area contributed by atoms with Crippen LogP contribution in [-0.2, 0) is 12.7 Å². The maximum Gasteiger partial charge on any atom is 0.416 e. The van der Waals surface area contributed by atoms with Crippen molar-refractivity contribution in [2.45, 2.75) is 19.6 Å². The van der Waals surface area contributed by atoms with Crippen molar-refractivity contribution < 1.29 is 32.8 Å². The van der Waals surface area contributed by atoms with Crippen molar-refractivity contribution in [1.29, 1.82) is 0 Å². The summed E-state index contributed by atoms with van der Waals surface area (Å²) in [5.41, 5.74) is 1.28. The van der Waals surface area contributed by atoms with Crippen LogP contribution in [0.1, 0.15) is 32.6 Å². The average Bonchev–Trinajstić information content (AvgIpc) is 2.77. The third-order valence-electron chi connectivity index (χ3n) is 4.42. The number of nitrogens with zero attached hydrogens (tertiary/aromatic N) is 1. The van der Waals surface area contributed by atoms with Crippen molar-refractivity contribution in [3.63, 3.8) is 0 Å². The molecule has 172 valence electrons. The lowest BCUT2D eigenvalue weighted by molar-refractivity contribution is -0.385. The zero-order valence-electron chi connectivity index (χ0n) is 17.3. The molecule has 3 rings (SSSR count). The van der Waals surface area contributed by atoms with Crippen LogP contribution >= 0.6 is 0 Å². The number of rotatable bonds is 5. The second-order valence-electron chi connectivity index (χ2n) is 6.81. The lowest BCUT2D eigenvalue weighted by Gasteiger charge is -2.07. The fourth-order valence-electron chi connectivity index (χ4n) is 2.75. The Morgan fingerprint density at radius 2 is 1.58 bits per heavy atom. The molecule has 2 N–H and O–H groups in total. The van der Waals surface area contributed by atoms with E-state index in [1.807, 2.05) is 6.07 Å². The maximum absolute atomic E-state index is 12.1. The number of halogens is 3. The third-order valence-corrected chi connectivity index (χ3v) is 4.42. The highest BCUT2D eigenvalue weighted by Gasteiger charge is 2.29. The van der Waals surface area contributed by atoms with Crippen LogP contribution in [0, 0.1) is 17.0 Å². The van der Waals surface area contributed by atoms with E-state index in [4.69, 9.17) is 5.11 Å². The molecule has 10 heteroatoms. The first-order chi connectivity index (χ1) is 15.5. The minimum Gasteiger partial charge on any atom is -0.465 e. The Labute approximate surface area is 186 Å². The van der Waals surface area contributed by atoms with Gasteiger partial charge in [0.2, 0.25) is 0 Å². The van der Waals surface area contributed by atoms with Gasteiger partial charge in [0.15, 0.2) is 5.78 Å². The van der Waals surface area contributed by atoms with Crippen LogP contribution in [0.4, 0.5) is 23.7 Å². The molecule has 3 aromatic carbocycles. The van der Waals surface area contributed by atoms with E-state index in [0.717, 1.165) is 12.1 Å². The van der Waals surface area contributed by atoms with Gasteiger partial charge < -0.3 is 10.4 Å². The summed E-state index contributed by atoms with van der Waals surface area (Å²) in [6.07, 6.45) is -5.58. The van der Waals surface area contributed by atoms with Gasteiger partial charge in [0.1, 0.15) is 0 Å². The molecule has 7 nitrogen and oxygen atoms in total. The van der Waals surface area contributed by atoms with Gasteiger partial charge in [-0.3, -0.25) is 14.9 Å². The Balaban J connectivity index is 0.000000238. The van der Waals surface area contributed by atoms with E-state index in [2.05, 4.69) is 5.32 Å². The van der Waals surface area contributed by atoms with E-state index in [0.29, 0.717) is 22.3 Å². The highest BCUT2D eigenvalue weighted by Crippen LogP contribution is 2.29. The van der Waals surface area contributed by atoms with E-state index in [9.17, 15) is 32.9 Å². The molecule has 0 aliphatic carbocycles. The van der Waals surface area contributed by atoms with Crippen LogP contribution in [0.5, 0.6) is 0 Å². The zero-order chi connectivity index (χ0) is 24.6. The van der Waals surface area contributed by atoms with Crippen LogP contribution in [0.15, 0.2) is 72.8 Å². The Morgan fingerprint density at radius 3 is 2.06 bits per heavy atom. The van der Waals surface area contributed by atoms with E-state index in [-0.39, 0.29) is 18.0 Å². The molecule has 0 aliphatic rings. The van der Waals surface area contributed by atoms with Crippen LogP contribution in [-0.4, -0.2) is 21.9 Å². The van der Waals surface area contributed by atoms with E-state index in [1.165, 1.54) is 24.3 Å². The fourth-order valence-corrected chi connectivity index (χ4v) is 2.75. The summed E-state index contributed by atoms with van der Waals surface area (Å²) in [6.45, 7) is 1.62. The number of benzene rings is 3. The summed E-state index contributed by atoms with van der Waals surface area (Å²) in [4.78, 5) is 32.5. The normalized spacial score (nSPS) is 10.5. The molecule has 0 saturated heterocycles. The molecule has 0 atom stereocenters. The highest BCUT2D eigenvalue weighted by molar-refractivity contribution is 6.09. The summed E-state index contributed by atoms with van der Waals surface area (Å²) < 4.78 is 36.4. The molecule has 0 aromatic heterocycles. The number of ketones is 1. The van der Waals surface area contributed by atoms with Crippen molar-refractivity contribution in [3.05, 3.63) is 111 Å². The number of alkyl halides is 3. The van der Waals surface area contributed by atoms with E-state index >= 15 is 0 Å². The van der Waals surface area contributed by atoms with Gasteiger partial charge in [-0.05, 0) is 36.8 Å². The number of nitro benzene ring substituents is 1. The molecular weight excluding hydrogens is 441 g/mol. The largest absolute Gasteiger partial charge is 0.465 e. The number of amides is 1. The van der Waals surface area contributed by atoms with Crippen molar-refractivity contribution in [3.8, 4) is 0 Å². The maximum atomic E-state index is 12.1. The number of hydrogen-bond donors (Lipinski definition) is 2. The van der Waals surface area contributed by atoms with Crippen molar-refractivity contribution in [2.24, 2.45) is 0 Å². The monoisotopic (exact) mass is 460 g/mol. The molecule has 0 fully saturated rings. The summed E-state index contributed by atoms with van der Waals surface area (Å²) in [5, 5.41) is 21.0. The van der Waals surface area contributed by atoms with Gasteiger partial charge in [0.25, 0.3) is 5.69 Å². The van der Waals surface area contributed by atoms with Gasteiger partial charge in [-0.1, -0.05) is 42.5 Å². The zero-order valence-corrected chi connectivity index (χ0v) is 17.3. The molecule has 1 amide bonds. The molecule has 0 saturated carbocycles. The molecule has 33 heavy (non-hydrogen) atoms. The molecule has 0 radical (unpaired) electrons. The Hall–Kier alpha value is -4.21. The first-order valence-corrected chi connectivity index (χ1v) is 9.46. The standard InChI is InChI=1S/C14H11NO3.C9H8F3NO2/c1-10-9-12(7-8-13(10)15(17)18)14(16)11-5-3-2-4-6-11;10-9(11,12)7-3-1-6(2-4-7)5-13-8(14)15/h2-9H,1H3;1-4,13H,5H2,(H,14,15). The molecule has 3 aromatic rings. The topological polar surface area (TPSA) is 110 Å². The second-order valence-corrected chi connectivity index (χ2v) is 6.81. The first-order valence-electron chi connectivity index (χ1n) is 9.46. The minimum atomic E-state index is -4.36. The first kappa shape index (κ1) is 25.1. The number of nitrogens with one attached hydrogen (secondary N) is 1. The van der Waals surface area contributed by atoms with E-state index < -0.39 is 22.8 Å². The van der Waals surface area contributed by atoms with Gasteiger partial charge in [-0.25, -0.2) is 4.79 Å². The van der Waals surface area contributed by atoms with Crippen LogP contribution in [0.25, 0.3) is 0 Å². The van der Waals surface area contributed by atoms with Crippen LogP contribution in [0.3, 0.4) is 0 Å². The SMILES string of the molecule is Cc1cc(C(=O)c2ccccc2)ccc1[N+](=O)[O-].O=C(O)NCc1ccc(C(F)(F)F)cc1. The highest BCUT2D eigenvalue weighted by atomic mass is 19.4. The predicted octanol–water partition coefficient (Wildman–Crippen LogP) is 5.61. The quantitative estimate of drug-likeness (QED) is 0.292. The molecule has 0 heterocycles. The number of carbonyl (C=O) groups is 2. The van der Waals surface area contributed by atoms with Crippen molar-refractivity contribution in [1.82, 2.24) is 5.32 Å². The summed E-state index contributed by atoms with van der Waals surface area (Å²) in [5.74, 6) is -0.131. The summed E-state index contributed by atoms with van der Waals surface area (Å²) >= 11 is 0.